The monoisotopic (exact) mass is 835 g/mol. The third-order valence-electron chi connectivity index (χ3n) is 12.1. The van der Waals surface area contributed by atoms with E-state index in [1.54, 1.807) is 0 Å². The van der Waals surface area contributed by atoms with Gasteiger partial charge in [-0.15, -0.1) is 0 Å². The van der Waals surface area contributed by atoms with Crippen LogP contribution >= 0.6 is 0 Å². The fraction of sp³-hybridized carbons (Fsp3) is 0.943. The molecule has 59 heavy (non-hydrogen) atoms. The van der Waals surface area contributed by atoms with Crippen LogP contribution in [-0.4, -0.2) is 37.2 Å². The molecule has 0 heterocycles. The van der Waals surface area contributed by atoms with Gasteiger partial charge < -0.3 is 14.2 Å². The van der Waals surface area contributed by atoms with E-state index >= 15 is 0 Å². The van der Waals surface area contributed by atoms with Gasteiger partial charge >= 0.3 is 17.9 Å². The summed E-state index contributed by atoms with van der Waals surface area (Å²) >= 11 is 0. The van der Waals surface area contributed by atoms with Gasteiger partial charge in [0.25, 0.3) is 0 Å². The molecule has 0 aromatic rings. The Kier molecular flexibility index (Phi) is 47.7. The van der Waals surface area contributed by atoms with Crippen molar-refractivity contribution in [1.82, 2.24) is 0 Å². The van der Waals surface area contributed by atoms with Crippen molar-refractivity contribution in [3.8, 4) is 0 Å². The van der Waals surface area contributed by atoms with E-state index in [9.17, 15) is 14.4 Å². The van der Waals surface area contributed by atoms with Crippen molar-refractivity contribution < 1.29 is 28.6 Å². The lowest BCUT2D eigenvalue weighted by atomic mass is 10.0. The summed E-state index contributed by atoms with van der Waals surface area (Å²) < 4.78 is 16.8. The summed E-state index contributed by atoms with van der Waals surface area (Å²) in [6, 6.07) is 0. The first-order valence-electron chi connectivity index (χ1n) is 26.5. The molecule has 0 aromatic heterocycles. The Balaban J connectivity index is 4.29. The van der Waals surface area contributed by atoms with Crippen LogP contribution in [0.25, 0.3) is 0 Å². The Morgan fingerprint density at radius 2 is 0.458 bits per heavy atom. The minimum absolute atomic E-state index is 0.0616. The minimum Gasteiger partial charge on any atom is -0.462 e. The molecule has 0 aliphatic heterocycles. The van der Waals surface area contributed by atoms with Gasteiger partial charge in [0, 0.05) is 19.3 Å². The molecule has 0 amide bonds. The highest BCUT2D eigenvalue weighted by Crippen LogP contribution is 2.17. The number of ether oxygens (including phenoxy) is 3. The van der Waals surface area contributed by atoms with Crippen molar-refractivity contribution in [2.75, 3.05) is 13.2 Å². The summed E-state index contributed by atoms with van der Waals surface area (Å²) in [5.41, 5.74) is 0. The molecule has 0 saturated heterocycles. The molecule has 0 unspecified atom stereocenters. The number of rotatable bonds is 49. The Hall–Kier alpha value is -1.59. The van der Waals surface area contributed by atoms with Crippen LogP contribution in [0.4, 0.5) is 0 Å². The van der Waals surface area contributed by atoms with Crippen LogP contribution in [0.1, 0.15) is 303 Å². The summed E-state index contributed by atoms with van der Waals surface area (Å²) in [5.74, 6) is -0.839. The Morgan fingerprint density at radius 3 is 0.678 bits per heavy atom. The molecule has 0 radical (unpaired) electrons. The summed E-state index contributed by atoms with van der Waals surface area (Å²) in [6.45, 7) is 6.68. The second-order valence-electron chi connectivity index (χ2n) is 18.2. The lowest BCUT2D eigenvalue weighted by Gasteiger charge is -2.18. The van der Waals surface area contributed by atoms with Gasteiger partial charge in [-0.3, -0.25) is 14.4 Å². The second kappa shape index (κ2) is 49.1. The molecule has 1 atom stereocenters. The van der Waals surface area contributed by atoms with Gasteiger partial charge in [0.05, 0.1) is 0 Å². The van der Waals surface area contributed by atoms with E-state index < -0.39 is 6.10 Å². The molecule has 0 spiro atoms. The molecule has 0 aliphatic rings. The number of unbranched alkanes of at least 4 members (excludes halogenated alkanes) is 38. The molecule has 350 valence electrons. The number of carbonyl (C=O) groups excluding carboxylic acids is 3. The van der Waals surface area contributed by atoms with Gasteiger partial charge in [0.2, 0.25) is 0 Å². The quantitative estimate of drug-likeness (QED) is 0.0345. The SMILES string of the molecule is CCCCCCCCCCCCCCCCCC(=O)OC[C@H](COC(=O)CCCCCCCCCCCCCCCC)OC(=O)CCCCCCCCCCCCCC. The Morgan fingerprint density at radius 1 is 0.271 bits per heavy atom. The molecule has 0 rings (SSSR count). The number of esters is 3. The lowest BCUT2D eigenvalue weighted by molar-refractivity contribution is -0.167. The van der Waals surface area contributed by atoms with E-state index in [1.807, 2.05) is 0 Å². The van der Waals surface area contributed by atoms with Crippen LogP contribution < -0.4 is 0 Å². The van der Waals surface area contributed by atoms with Gasteiger partial charge in [-0.1, -0.05) is 265 Å². The third-order valence-corrected chi connectivity index (χ3v) is 12.1. The van der Waals surface area contributed by atoms with Crippen LogP contribution in [0.5, 0.6) is 0 Å². The molecule has 0 aliphatic carbocycles. The highest BCUT2D eigenvalue weighted by atomic mass is 16.6. The van der Waals surface area contributed by atoms with Crippen LogP contribution in [0.3, 0.4) is 0 Å². The van der Waals surface area contributed by atoms with E-state index in [4.69, 9.17) is 14.2 Å². The fourth-order valence-corrected chi connectivity index (χ4v) is 8.09. The van der Waals surface area contributed by atoms with Gasteiger partial charge in [-0.25, -0.2) is 0 Å². The minimum atomic E-state index is -0.759. The van der Waals surface area contributed by atoms with Crippen molar-refractivity contribution in [1.29, 1.82) is 0 Å². The fourth-order valence-electron chi connectivity index (χ4n) is 8.09. The van der Waals surface area contributed by atoms with E-state index in [-0.39, 0.29) is 31.1 Å². The maximum Gasteiger partial charge on any atom is 0.306 e. The second-order valence-corrected chi connectivity index (χ2v) is 18.2. The molecule has 6 nitrogen and oxygen atoms in total. The van der Waals surface area contributed by atoms with E-state index in [1.165, 1.54) is 205 Å². The zero-order valence-corrected chi connectivity index (χ0v) is 40.1. The molecule has 0 bridgehead atoms. The zero-order valence-electron chi connectivity index (χ0n) is 40.1. The molecular weight excluding hydrogens is 733 g/mol. The Labute approximate surface area is 368 Å². The molecule has 0 aromatic carbocycles. The van der Waals surface area contributed by atoms with Crippen LogP contribution in [0.2, 0.25) is 0 Å². The van der Waals surface area contributed by atoms with Crippen molar-refractivity contribution >= 4 is 17.9 Å². The predicted octanol–water partition coefficient (Wildman–Crippen LogP) is 17.2. The van der Waals surface area contributed by atoms with E-state index in [2.05, 4.69) is 20.8 Å². The van der Waals surface area contributed by atoms with E-state index in [0.29, 0.717) is 19.3 Å². The van der Waals surface area contributed by atoms with Crippen LogP contribution in [-0.2, 0) is 28.6 Å². The third kappa shape index (κ3) is 47.3. The van der Waals surface area contributed by atoms with Gasteiger partial charge in [0.15, 0.2) is 6.10 Å². The van der Waals surface area contributed by atoms with Crippen molar-refractivity contribution in [2.24, 2.45) is 0 Å². The van der Waals surface area contributed by atoms with Gasteiger partial charge in [-0.2, -0.15) is 0 Å². The van der Waals surface area contributed by atoms with Crippen molar-refractivity contribution in [3.05, 3.63) is 0 Å². The molecule has 0 saturated carbocycles. The molecule has 6 heteroatoms. The van der Waals surface area contributed by atoms with Crippen LogP contribution in [0, 0.1) is 0 Å². The average Bonchev–Trinajstić information content (AvgIpc) is 3.23. The first-order chi connectivity index (χ1) is 29.0. The lowest BCUT2D eigenvalue weighted by Crippen LogP contribution is -2.30. The van der Waals surface area contributed by atoms with E-state index in [0.717, 1.165) is 57.8 Å². The molecule has 0 fully saturated rings. The first-order valence-corrected chi connectivity index (χ1v) is 26.5. The summed E-state index contributed by atoms with van der Waals surface area (Å²) in [6.07, 6.45) is 52.2. The largest absolute Gasteiger partial charge is 0.462 e. The smallest absolute Gasteiger partial charge is 0.306 e. The van der Waals surface area contributed by atoms with Crippen molar-refractivity contribution in [2.45, 2.75) is 309 Å². The number of hydrogen-bond donors (Lipinski definition) is 0. The summed E-state index contributed by atoms with van der Waals surface area (Å²) in [7, 11) is 0. The Bertz CT molecular complexity index is 874. The summed E-state index contributed by atoms with van der Waals surface area (Å²) in [5, 5.41) is 0. The average molecular weight is 835 g/mol. The summed E-state index contributed by atoms with van der Waals surface area (Å²) in [4.78, 5) is 37.9. The maximum atomic E-state index is 12.8. The highest BCUT2D eigenvalue weighted by molar-refractivity contribution is 5.71. The van der Waals surface area contributed by atoms with Crippen molar-refractivity contribution in [3.63, 3.8) is 0 Å². The zero-order chi connectivity index (χ0) is 43.0. The number of hydrogen-bond acceptors (Lipinski definition) is 6. The topological polar surface area (TPSA) is 78.9 Å². The molecule has 0 N–H and O–H groups in total. The first kappa shape index (κ1) is 57.4. The van der Waals surface area contributed by atoms with Gasteiger partial charge in [0.1, 0.15) is 13.2 Å². The number of carbonyl (C=O) groups is 3. The maximum absolute atomic E-state index is 12.8. The van der Waals surface area contributed by atoms with Gasteiger partial charge in [-0.05, 0) is 19.3 Å². The van der Waals surface area contributed by atoms with Crippen LogP contribution in [0.15, 0.2) is 0 Å². The standard InChI is InChI=1S/C53H102O6/c1-4-7-10-13-16-19-22-25-27-29-32-34-37-40-43-46-52(55)58-49-50(59-53(56)47-44-41-38-35-30-24-21-18-15-12-9-6-3)48-57-51(54)45-42-39-36-33-31-28-26-23-20-17-14-11-8-5-2/h50H,4-49H2,1-3H3/t50-/m0/s1. The molecular formula is C53H102O6. The normalized spacial score (nSPS) is 11.8. The highest BCUT2D eigenvalue weighted by Gasteiger charge is 2.19. The predicted molar refractivity (Wildman–Crippen MR) is 252 cm³/mol.